The SMILES string of the molecule is Cl.Cn1c(-c2cn(CC3CC3)nc2C(F)(F)F)cnc1C(=O)Nc1ccc(C(=O)N2CCN(C(=O)NC3CC(N)C3)CC2)c(F)c1. The molecule has 0 atom stereocenters. The molecule has 3 heterocycles. The zero-order valence-electron chi connectivity index (χ0n) is 24.9. The van der Waals surface area contributed by atoms with Crippen LogP contribution in [0, 0.1) is 11.7 Å². The van der Waals surface area contributed by atoms with E-state index in [9.17, 15) is 27.6 Å². The van der Waals surface area contributed by atoms with Crippen LogP contribution in [0.2, 0.25) is 0 Å². The third kappa shape index (κ3) is 6.97. The fourth-order valence-corrected chi connectivity index (χ4v) is 5.63. The number of hydrogen-bond donors (Lipinski definition) is 3. The Labute approximate surface area is 267 Å². The van der Waals surface area contributed by atoms with Crippen LogP contribution in [0.15, 0.2) is 30.6 Å². The predicted octanol–water partition coefficient (Wildman–Crippen LogP) is 3.48. The topological polar surface area (TPSA) is 143 Å². The molecule has 4 N–H and O–H groups in total. The van der Waals surface area contributed by atoms with Gasteiger partial charge in [0.05, 0.1) is 23.0 Å². The number of halogens is 5. The van der Waals surface area contributed by atoms with Gasteiger partial charge in [-0.05, 0) is 49.8 Å². The summed E-state index contributed by atoms with van der Waals surface area (Å²) < 4.78 is 58.9. The number of imidazole rings is 1. The molecule has 6 rings (SSSR count). The van der Waals surface area contributed by atoms with Crippen LogP contribution in [0.25, 0.3) is 11.3 Å². The largest absolute Gasteiger partial charge is 0.435 e. The highest BCUT2D eigenvalue weighted by molar-refractivity contribution is 6.03. The molecule has 1 aliphatic heterocycles. The van der Waals surface area contributed by atoms with E-state index in [1.807, 2.05) is 0 Å². The quantitative estimate of drug-likeness (QED) is 0.329. The molecule has 1 aromatic carbocycles. The van der Waals surface area contributed by atoms with Crippen molar-refractivity contribution in [3.63, 3.8) is 0 Å². The number of anilines is 1. The number of nitrogens with zero attached hydrogens (tertiary/aromatic N) is 6. The molecule has 1 saturated heterocycles. The monoisotopic (exact) mass is 667 g/mol. The maximum atomic E-state index is 15.1. The van der Waals surface area contributed by atoms with E-state index in [-0.39, 0.29) is 71.9 Å². The molecule has 46 heavy (non-hydrogen) atoms. The van der Waals surface area contributed by atoms with E-state index in [0.717, 1.165) is 37.9 Å². The Bertz CT molecular complexity index is 1620. The van der Waals surface area contributed by atoms with E-state index >= 15 is 4.39 Å². The van der Waals surface area contributed by atoms with Gasteiger partial charge >= 0.3 is 12.2 Å². The third-order valence-corrected chi connectivity index (χ3v) is 8.45. The van der Waals surface area contributed by atoms with E-state index in [0.29, 0.717) is 25.6 Å². The van der Waals surface area contributed by atoms with Crippen molar-refractivity contribution in [3.05, 3.63) is 53.5 Å². The number of nitrogens with one attached hydrogen (secondary N) is 2. The van der Waals surface area contributed by atoms with E-state index in [2.05, 4.69) is 20.7 Å². The molecule has 248 valence electrons. The first kappa shape index (κ1) is 33.2. The van der Waals surface area contributed by atoms with Gasteiger partial charge in [0.15, 0.2) is 11.5 Å². The Morgan fingerprint density at radius 2 is 1.74 bits per heavy atom. The first-order chi connectivity index (χ1) is 21.4. The van der Waals surface area contributed by atoms with Crippen molar-refractivity contribution in [3.8, 4) is 11.3 Å². The van der Waals surface area contributed by atoms with Crippen molar-refractivity contribution in [2.24, 2.45) is 18.7 Å². The number of aromatic nitrogens is 4. The number of piperazine rings is 1. The summed E-state index contributed by atoms with van der Waals surface area (Å²) in [6, 6.07) is 3.55. The zero-order valence-corrected chi connectivity index (χ0v) is 25.7. The van der Waals surface area contributed by atoms with Gasteiger partial charge in [-0.25, -0.2) is 14.2 Å². The third-order valence-electron chi connectivity index (χ3n) is 8.45. The first-order valence-corrected chi connectivity index (χ1v) is 14.7. The van der Waals surface area contributed by atoms with Crippen LogP contribution >= 0.6 is 12.4 Å². The molecule has 3 aromatic rings. The van der Waals surface area contributed by atoms with E-state index in [1.165, 1.54) is 39.5 Å². The lowest BCUT2D eigenvalue weighted by Crippen LogP contribution is -2.57. The Kier molecular flexibility index (Phi) is 9.31. The minimum atomic E-state index is -4.71. The van der Waals surface area contributed by atoms with E-state index in [4.69, 9.17) is 5.73 Å². The molecule has 0 unspecified atom stereocenters. The van der Waals surface area contributed by atoms with Gasteiger partial charge in [0.1, 0.15) is 5.82 Å². The molecule has 0 spiro atoms. The lowest BCUT2D eigenvalue weighted by atomic mass is 9.88. The lowest BCUT2D eigenvalue weighted by Gasteiger charge is -2.38. The van der Waals surface area contributed by atoms with E-state index in [1.54, 1.807) is 4.90 Å². The van der Waals surface area contributed by atoms with Gasteiger partial charge in [-0.1, -0.05) is 0 Å². The van der Waals surface area contributed by atoms with Gasteiger partial charge in [0, 0.05) is 63.7 Å². The summed E-state index contributed by atoms with van der Waals surface area (Å²) in [7, 11) is 1.41. The van der Waals surface area contributed by atoms with Crippen LogP contribution in [0.3, 0.4) is 0 Å². The van der Waals surface area contributed by atoms with Gasteiger partial charge in [-0.2, -0.15) is 18.3 Å². The van der Waals surface area contributed by atoms with Gasteiger partial charge in [0.2, 0.25) is 0 Å². The molecule has 12 nitrogen and oxygen atoms in total. The van der Waals surface area contributed by atoms with Crippen molar-refractivity contribution in [2.75, 3.05) is 31.5 Å². The summed E-state index contributed by atoms with van der Waals surface area (Å²) >= 11 is 0. The molecule has 17 heteroatoms. The van der Waals surface area contributed by atoms with Crippen molar-refractivity contribution >= 4 is 35.9 Å². The van der Waals surface area contributed by atoms with Gasteiger partial charge in [0.25, 0.3) is 11.8 Å². The Morgan fingerprint density at radius 1 is 1.07 bits per heavy atom. The number of urea groups is 1. The predicted molar refractivity (Wildman–Crippen MR) is 161 cm³/mol. The van der Waals surface area contributed by atoms with Crippen molar-refractivity contribution in [1.29, 1.82) is 0 Å². The fourth-order valence-electron chi connectivity index (χ4n) is 5.63. The second-order valence-electron chi connectivity index (χ2n) is 11.9. The van der Waals surface area contributed by atoms with Crippen LogP contribution in [0.1, 0.15) is 52.4 Å². The normalized spacial score (nSPS) is 19.7. The van der Waals surface area contributed by atoms with Crippen LogP contribution in [0.5, 0.6) is 0 Å². The average molecular weight is 668 g/mol. The van der Waals surface area contributed by atoms with Gasteiger partial charge in [-0.3, -0.25) is 14.3 Å². The molecule has 2 aromatic heterocycles. The second kappa shape index (κ2) is 12.9. The maximum Gasteiger partial charge on any atom is 0.435 e. The number of alkyl halides is 3. The molecule has 0 radical (unpaired) electrons. The number of carbonyl (C=O) groups excluding carboxylic acids is 3. The highest BCUT2D eigenvalue weighted by Crippen LogP contribution is 2.38. The molecule has 4 amide bonds. The van der Waals surface area contributed by atoms with E-state index < -0.39 is 29.5 Å². The maximum absolute atomic E-state index is 15.1. The molecular formula is C29H34ClF4N9O3. The van der Waals surface area contributed by atoms with Crippen molar-refractivity contribution < 1.29 is 31.9 Å². The summed E-state index contributed by atoms with van der Waals surface area (Å²) in [6.45, 7) is 1.42. The highest BCUT2D eigenvalue weighted by atomic mass is 35.5. The van der Waals surface area contributed by atoms with Gasteiger partial charge < -0.3 is 30.7 Å². The molecule has 3 fully saturated rings. The fraction of sp³-hybridized carbons (Fsp3) is 0.483. The van der Waals surface area contributed by atoms with Crippen LogP contribution < -0.4 is 16.4 Å². The average Bonchev–Trinajstić information content (AvgIpc) is 3.55. The minimum Gasteiger partial charge on any atom is -0.335 e. The van der Waals surface area contributed by atoms with Crippen LogP contribution in [0.4, 0.5) is 28.0 Å². The number of amides is 4. The first-order valence-electron chi connectivity index (χ1n) is 14.7. The summed E-state index contributed by atoms with van der Waals surface area (Å²) in [5.74, 6) is -2.09. The lowest BCUT2D eigenvalue weighted by molar-refractivity contribution is -0.141. The van der Waals surface area contributed by atoms with Gasteiger partial charge in [-0.15, -0.1) is 12.4 Å². The Morgan fingerprint density at radius 3 is 2.35 bits per heavy atom. The molecule has 3 aliphatic rings. The summed E-state index contributed by atoms with van der Waals surface area (Å²) in [5, 5.41) is 9.16. The highest BCUT2D eigenvalue weighted by Gasteiger charge is 2.39. The smallest absolute Gasteiger partial charge is 0.335 e. The van der Waals surface area contributed by atoms with Crippen LogP contribution in [-0.4, -0.2) is 85.2 Å². The molecular weight excluding hydrogens is 634 g/mol. The Balaban J connectivity index is 0.00000417. The number of benzene rings is 1. The number of hydrogen-bond acceptors (Lipinski definition) is 6. The summed E-state index contributed by atoms with van der Waals surface area (Å²) in [4.78, 5) is 45.6. The number of nitrogens with two attached hydrogens (primary N) is 1. The zero-order chi connectivity index (χ0) is 32.0. The molecule has 0 bridgehead atoms. The Hall–Kier alpha value is -4.18. The number of carbonyl (C=O) groups is 3. The second-order valence-corrected chi connectivity index (χ2v) is 11.9. The van der Waals surface area contributed by atoms with Crippen LogP contribution in [-0.2, 0) is 19.8 Å². The number of rotatable bonds is 7. The summed E-state index contributed by atoms with van der Waals surface area (Å²) in [5.41, 5.74) is 4.38. The summed E-state index contributed by atoms with van der Waals surface area (Å²) in [6.07, 6.45) is 1.12. The molecule has 2 aliphatic carbocycles. The van der Waals surface area contributed by atoms with Crippen molar-refractivity contribution in [2.45, 2.75) is 50.5 Å². The standard InChI is InChI=1S/C29H33F4N9O3.ClH/c1-39-23(21-15-42(14-16-2-3-16)38-24(21)29(31,32)33)13-35-25(39)26(43)36-18-4-5-20(22(30)12-18)27(44)40-6-8-41(9-7-40)28(45)37-19-10-17(34)11-19;/h4-5,12-13,15-17,19H,2-3,6-11,14,34H2,1H3,(H,36,43)(H,37,45);1H. The molecule has 2 saturated carbocycles. The minimum absolute atomic E-state index is 0. The van der Waals surface area contributed by atoms with Crippen molar-refractivity contribution in [1.82, 2.24) is 34.4 Å².